The number of hydrogen-bond acceptors (Lipinski definition) is 5. The van der Waals surface area contributed by atoms with Crippen LogP contribution in [0, 0.1) is 5.92 Å². The van der Waals surface area contributed by atoms with Crippen molar-refractivity contribution in [3.8, 4) is 5.75 Å². The average Bonchev–Trinajstić information content (AvgIpc) is 3.40. The molecule has 5 rings (SSSR count). The summed E-state index contributed by atoms with van der Waals surface area (Å²) in [5, 5.41) is 18.9. The number of aromatic amines is 1. The van der Waals surface area contributed by atoms with Gasteiger partial charge in [0.05, 0.1) is 24.3 Å². The van der Waals surface area contributed by atoms with E-state index in [1.165, 1.54) is 11.3 Å². The van der Waals surface area contributed by atoms with E-state index >= 15 is 0 Å². The molecule has 1 saturated heterocycles. The van der Waals surface area contributed by atoms with E-state index in [4.69, 9.17) is 4.74 Å². The number of amides is 1. The fourth-order valence-corrected chi connectivity index (χ4v) is 4.61. The predicted octanol–water partition coefficient (Wildman–Crippen LogP) is 3.85. The van der Waals surface area contributed by atoms with Crippen molar-refractivity contribution in [2.45, 2.75) is 39.8 Å². The van der Waals surface area contributed by atoms with Crippen LogP contribution in [0.25, 0.3) is 10.9 Å². The number of phenols is 1. The summed E-state index contributed by atoms with van der Waals surface area (Å²) >= 11 is 0. The molecular weight excluding hydrogens is 404 g/mol. The maximum Gasteiger partial charge on any atom is 0.258 e. The molecule has 7 heteroatoms. The van der Waals surface area contributed by atoms with Crippen molar-refractivity contribution in [3.63, 3.8) is 0 Å². The van der Waals surface area contributed by atoms with E-state index in [2.05, 4.69) is 47.1 Å². The molecule has 2 N–H and O–H groups in total. The maximum atomic E-state index is 13.4. The molecule has 32 heavy (non-hydrogen) atoms. The first-order valence-corrected chi connectivity index (χ1v) is 11.4. The summed E-state index contributed by atoms with van der Waals surface area (Å²) in [6.07, 6.45) is 1.90. The molecule has 0 radical (unpaired) electrons. The number of carbonyl (C=O) groups is 1. The molecule has 7 nitrogen and oxygen atoms in total. The van der Waals surface area contributed by atoms with Crippen LogP contribution in [0.2, 0.25) is 0 Å². The Morgan fingerprint density at radius 2 is 1.94 bits per heavy atom. The van der Waals surface area contributed by atoms with E-state index in [0.29, 0.717) is 30.1 Å². The summed E-state index contributed by atoms with van der Waals surface area (Å²) < 4.78 is 5.46. The standard InChI is InChI=1S/C25H30N4O3/c1-16(2)3-6-22-20-12-21(24(30)13-23(20)27-26-22)25(31)29-14-17-4-5-19(11-18(17)15-29)28-7-9-32-10-8-28/h4-5,11-13,16,30H,3,6-10,14-15H2,1-2H3,(H,26,27). The number of morpholine rings is 1. The quantitative estimate of drug-likeness (QED) is 0.638. The number of rotatable bonds is 5. The normalized spacial score (nSPS) is 16.2. The predicted molar refractivity (Wildman–Crippen MR) is 124 cm³/mol. The van der Waals surface area contributed by atoms with Crippen molar-refractivity contribution < 1.29 is 14.6 Å². The molecule has 1 amide bonds. The smallest absolute Gasteiger partial charge is 0.258 e. The van der Waals surface area contributed by atoms with Crippen LogP contribution in [0.5, 0.6) is 5.75 Å². The van der Waals surface area contributed by atoms with Crippen LogP contribution < -0.4 is 4.90 Å². The summed E-state index contributed by atoms with van der Waals surface area (Å²) in [6, 6.07) is 9.84. The topological polar surface area (TPSA) is 81.7 Å². The molecule has 2 aliphatic heterocycles. The first kappa shape index (κ1) is 20.8. The summed E-state index contributed by atoms with van der Waals surface area (Å²) in [5.41, 5.74) is 5.56. The number of phenolic OH excluding ortho intramolecular Hbond substituents is 1. The van der Waals surface area contributed by atoms with Crippen molar-refractivity contribution in [2.24, 2.45) is 5.92 Å². The van der Waals surface area contributed by atoms with Gasteiger partial charge in [0.1, 0.15) is 5.75 Å². The fraction of sp³-hybridized carbons (Fsp3) is 0.440. The van der Waals surface area contributed by atoms with Crippen molar-refractivity contribution >= 4 is 22.5 Å². The largest absolute Gasteiger partial charge is 0.507 e. The zero-order valence-corrected chi connectivity index (χ0v) is 18.7. The van der Waals surface area contributed by atoms with Crippen LogP contribution >= 0.6 is 0 Å². The molecule has 3 heterocycles. The first-order valence-electron chi connectivity index (χ1n) is 11.4. The number of benzene rings is 2. The molecule has 3 aromatic rings. The van der Waals surface area contributed by atoms with Crippen LogP contribution in [0.4, 0.5) is 5.69 Å². The number of nitrogens with zero attached hydrogens (tertiary/aromatic N) is 3. The number of nitrogens with one attached hydrogen (secondary N) is 1. The zero-order valence-electron chi connectivity index (χ0n) is 18.7. The van der Waals surface area contributed by atoms with Gasteiger partial charge < -0.3 is 19.6 Å². The van der Waals surface area contributed by atoms with E-state index in [-0.39, 0.29) is 11.7 Å². The number of aromatic nitrogens is 2. The Balaban J connectivity index is 1.37. The number of aryl methyl sites for hydroxylation is 1. The highest BCUT2D eigenvalue weighted by atomic mass is 16.5. The highest BCUT2D eigenvalue weighted by Crippen LogP contribution is 2.32. The molecule has 0 saturated carbocycles. The molecule has 0 bridgehead atoms. The lowest BCUT2D eigenvalue weighted by atomic mass is 10.0. The third-order valence-corrected chi connectivity index (χ3v) is 6.53. The molecule has 2 aromatic carbocycles. The second kappa shape index (κ2) is 8.47. The second-order valence-electron chi connectivity index (χ2n) is 9.23. The van der Waals surface area contributed by atoms with Gasteiger partial charge in [-0.2, -0.15) is 5.10 Å². The summed E-state index contributed by atoms with van der Waals surface area (Å²) in [5.74, 6) is 0.413. The molecule has 0 atom stereocenters. The van der Waals surface area contributed by atoms with Gasteiger partial charge in [-0.05, 0) is 48.1 Å². The number of carbonyl (C=O) groups excluding carboxylic acids is 1. The third-order valence-electron chi connectivity index (χ3n) is 6.53. The van der Waals surface area contributed by atoms with E-state index in [9.17, 15) is 9.90 Å². The Labute approximate surface area is 188 Å². The monoisotopic (exact) mass is 434 g/mol. The van der Waals surface area contributed by atoms with Gasteiger partial charge in [-0.3, -0.25) is 9.89 Å². The van der Waals surface area contributed by atoms with Gasteiger partial charge in [-0.1, -0.05) is 19.9 Å². The van der Waals surface area contributed by atoms with Crippen LogP contribution in [-0.4, -0.2) is 52.4 Å². The van der Waals surface area contributed by atoms with Crippen LogP contribution in [-0.2, 0) is 24.2 Å². The van der Waals surface area contributed by atoms with Crippen molar-refractivity contribution in [1.29, 1.82) is 0 Å². The number of hydrogen-bond donors (Lipinski definition) is 2. The summed E-state index contributed by atoms with van der Waals surface area (Å²) in [7, 11) is 0. The van der Waals surface area contributed by atoms with E-state index in [1.807, 2.05) is 4.90 Å². The van der Waals surface area contributed by atoms with Crippen molar-refractivity contribution in [3.05, 3.63) is 52.7 Å². The van der Waals surface area contributed by atoms with E-state index in [1.54, 1.807) is 12.1 Å². The van der Waals surface area contributed by atoms with Gasteiger partial charge in [-0.25, -0.2) is 0 Å². The Hall–Kier alpha value is -3.06. The van der Waals surface area contributed by atoms with Gasteiger partial charge >= 0.3 is 0 Å². The van der Waals surface area contributed by atoms with Gasteiger partial charge in [0.25, 0.3) is 5.91 Å². The van der Waals surface area contributed by atoms with Crippen molar-refractivity contribution in [2.75, 3.05) is 31.2 Å². The van der Waals surface area contributed by atoms with Gasteiger partial charge in [0, 0.05) is 49.0 Å². The van der Waals surface area contributed by atoms with E-state index < -0.39 is 0 Å². The molecule has 2 aliphatic rings. The number of fused-ring (bicyclic) bond motifs is 2. The fourth-order valence-electron chi connectivity index (χ4n) is 4.61. The molecule has 0 spiro atoms. The van der Waals surface area contributed by atoms with Crippen LogP contribution in [0.3, 0.4) is 0 Å². The Kier molecular flexibility index (Phi) is 5.51. The first-order chi connectivity index (χ1) is 15.5. The molecule has 0 unspecified atom stereocenters. The molecule has 1 aromatic heterocycles. The van der Waals surface area contributed by atoms with E-state index in [0.717, 1.165) is 55.8 Å². The SMILES string of the molecule is CC(C)CCc1[nH]nc2cc(O)c(C(=O)N3Cc4ccc(N5CCOCC5)cc4C3)cc12. The Morgan fingerprint density at radius 1 is 1.16 bits per heavy atom. The lowest BCUT2D eigenvalue weighted by molar-refractivity contribution is 0.0748. The minimum absolute atomic E-state index is 0.0191. The molecule has 0 aliphatic carbocycles. The summed E-state index contributed by atoms with van der Waals surface area (Å²) in [4.78, 5) is 17.5. The highest BCUT2D eigenvalue weighted by Gasteiger charge is 2.27. The lowest BCUT2D eigenvalue weighted by Crippen LogP contribution is -2.36. The number of H-pyrrole nitrogens is 1. The van der Waals surface area contributed by atoms with Crippen LogP contribution in [0.15, 0.2) is 30.3 Å². The maximum absolute atomic E-state index is 13.4. The second-order valence-corrected chi connectivity index (χ2v) is 9.23. The zero-order chi connectivity index (χ0) is 22.2. The minimum atomic E-state index is -0.149. The van der Waals surface area contributed by atoms with Gasteiger partial charge in [0.2, 0.25) is 0 Å². The molecular formula is C25H30N4O3. The number of anilines is 1. The van der Waals surface area contributed by atoms with Gasteiger partial charge in [-0.15, -0.1) is 0 Å². The van der Waals surface area contributed by atoms with Crippen LogP contribution in [0.1, 0.15) is 47.4 Å². The Morgan fingerprint density at radius 3 is 2.72 bits per heavy atom. The number of ether oxygens (including phenoxy) is 1. The Bertz CT molecular complexity index is 1150. The third kappa shape index (κ3) is 3.93. The lowest BCUT2D eigenvalue weighted by Gasteiger charge is -2.29. The summed E-state index contributed by atoms with van der Waals surface area (Å²) in [6.45, 7) is 8.76. The minimum Gasteiger partial charge on any atom is -0.507 e. The van der Waals surface area contributed by atoms with Crippen molar-refractivity contribution in [1.82, 2.24) is 15.1 Å². The average molecular weight is 435 g/mol. The highest BCUT2D eigenvalue weighted by molar-refractivity contribution is 6.01. The molecule has 1 fully saturated rings. The number of aromatic hydroxyl groups is 1. The molecule has 168 valence electrons. The van der Waals surface area contributed by atoms with Gasteiger partial charge in [0.15, 0.2) is 0 Å².